The molecule has 0 amide bonds. The number of ketones is 1. The Balaban J connectivity index is 2.20. The summed E-state index contributed by atoms with van der Waals surface area (Å²) in [6.07, 6.45) is 4.06. The third kappa shape index (κ3) is 1.56. The number of fused-ring (bicyclic) bond motifs is 1. The van der Waals surface area contributed by atoms with Crippen molar-refractivity contribution in [2.75, 3.05) is 0 Å². The predicted molar refractivity (Wildman–Crippen MR) is 53.4 cm³/mol. The highest BCUT2D eigenvalue weighted by atomic mass is 16.1. The number of allylic oxidation sites excluding steroid dienone is 1. The molecule has 2 atom stereocenters. The summed E-state index contributed by atoms with van der Waals surface area (Å²) >= 11 is 0. The lowest BCUT2D eigenvalue weighted by atomic mass is 9.68. The van der Waals surface area contributed by atoms with Crippen LogP contribution < -0.4 is 0 Å². The molecule has 2 saturated carbocycles. The Morgan fingerprint density at radius 2 is 2.08 bits per heavy atom. The highest BCUT2D eigenvalue weighted by molar-refractivity contribution is 5.83. The van der Waals surface area contributed by atoms with Crippen molar-refractivity contribution in [2.24, 2.45) is 17.3 Å². The van der Waals surface area contributed by atoms with Crippen LogP contribution in [0.15, 0.2) is 12.2 Å². The van der Waals surface area contributed by atoms with Gasteiger partial charge in [0, 0.05) is 12.3 Å². The van der Waals surface area contributed by atoms with Crippen LogP contribution in [0.3, 0.4) is 0 Å². The Labute approximate surface area is 80.2 Å². The molecule has 0 bridgehead atoms. The first-order valence-electron chi connectivity index (χ1n) is 5.17. The summed E-state index contributed by atoms with van der Waals surface area (Å²) in [5.74, 6) is 1.43. The smallest absolute Gasteiger partial charge is 0.137 e. The van der Waals surface area contributed by atoms with Crippen LogP contribution in [-0.2, 0) is 4.79 Å². The topological polar surface area (TPSA) is 17.1 Å². The summed E-state index contributed by atoms with van der Waals surface area (Å²) in [6, 6.07) is 0. The maximum Gasteiger partial charge on any atom is 0.137 e. The van der Waals surface area contributed by atoms with E-state index >= 15 is 0 Å². The van der Waals surface area contributed by atoms with Crippen LogP contribution in [0.1, 0.15) is 39.5 Å². The number of hydrogen-bond acceptors (Lipinski definition) is 1. The molecule has 0 aromatic carbocycles. The van der Waals surface area contributed by atoms with Crippen molar-refractivity contribution in [3.63, 3.8) is 0 Å². The number of carbonyl (C=O) groups excluding carboxylic acids is 1. The standard InChI is InChI=1S/C12H18O/c1-8-4-9-6-12(2,3)7-11(13)10(9)5-8/h9-10H,1,4-7H2,2-3H3/t9-,10-/m1/s1. The molecule has 2 aliphatic rings. The molecule has 2 aliphatic carbocycles. The molecule has 0 heterocycles. The number of carbonyl (C=O) groups is 1. The van der Waals surface area contributed by atoms with Gasteiger partial charge in [-0.2, -0.15) is 0 Å². The van der Waals surface area contributed by atoms with Crippen molar-refractivity contribution in [1.82, 2.24) is 0 Å². The van der Waals surface area contributed by atoms with E-state index in [0.717, 1.165) is 19.3 Å². The fraction of sp³-hybridized carbons (Fsp3) is 0.750. The second kappa shape index (κ2) is 2.70. The molecule has 0 unspecified atom stereocenters. The van der Waals surface area contributed by atoms with E-state index in [1.54, 1.807) is 0 Å². The summed E-state index contributed by atoms with van der Waals surface area (Å²) in [6.45, 7) is 8.43. The van der Waals surface area contributed by atoms with E-state index in [-0.39, 0.29) is 5.41 Å². The lowest BCUT2D eigenvalue weighted by Crippen LogP contribution is -2.34. The zero-order chi connectivity index (χ0) is 9.64. The minimum Gasteiger partial charge on any atom is -0.299 e. The largest absolute Gasteiger partial charge is 0.299 e. The van der Waals surface area contributed by atoms with E-state index in [0.29, 0.717) is 17.6 Å². The van der Waals surface area contributed by atoms with Crippen LogP contribution in [0.25, 0.3) is 0 Å². The van der Waals surface area contributed by atoms with Crippen LogP contribution >= 0.6 is 0 Å². The fourth-order valence-electron chi connectivity index (χ4n) is 3.05. The first-order chi connectivity index (χ1) is 5.98. The van der Waals surface area contributed by atoms with E-state index in [9.17, 15) is 4.79 Å². The molecule has 0 aliphatic heterocycles. The monoisotopic (exact) mass is 178 g/mol. The van der Waals surface area contributed by atoms with Gasteiger partial charge in [-0.3, -0.25) is 4.79 Å². The predicted octanol–water partition coefficient (Wildman–Crippen LogP) is 2.96. The molecule has 1 nitrogen and oxygen atoms in total. The summed E-state index contributed by atoms with van der Waals surface area (Å²) in [4.78, 5) is 11.8. The minimum atomic E-state index is 0.239. The third-order valence-electron chi connectivity index (χ3n) is 3.51. The first-order valence-corrected chi connectivity index (χ1v) is 5.17. The quantitative estimate of drug-likeness (QED) is 0.521. The summed E-state index contributed by atoms with van der Waals surface area (Å²) < 4.78 is 0. The average molecular weight is 178 g/mol. The summed E-state index contributed by atoms with van der Waals surface area (Å²) in [5.41, 5.74) is 1.53. The van der Waals surface area contributed by atoms with E-state index in [1.807, 2.05) is 0 Å². The molecule has 0 aromatic heterocycles. The van der Waals surface area contributed by atoms with Gasteiger partial charge in [-0.25, -0.2) is 0 Å². The van der Waals surface area contributed by atoms with Gasteiger partial charge in [-0.1, -0.05) is 26.0 Å². The fourth-order valence-corrected chi connectivity index (χ4v) is 3.05. The van der Waals surface area contributed by atoms with Crippen LogP contribution in [0.2, 0.25) is 0 Å². The van der Waals surface area contributed by atoms with Crippen molar-refractivity contribution in [1.29, 1.82) is 0 Å². The lowest BCUT2D eigenvalue weighted by Gasteiger charge is -2.36. The maximum absolute atomic E-state index is 11.8. The Kier molecular flexibility index (Phi) is 1.86. The molecule has 1 heteroatoms. The molecule has 72 valence electrons. The van der Waals surface area contributed by atoms with Gasteiger partial charge in [0.05, 0.1) is 0 Å². The normalized spacial score (nSPS) is 37.7. The van der Waals surface area contributed by atoms with Gasteiger partial charge in [0.2, 0.25) is 0 Å². The molecular formula is C12H18O. The highest BCUT2D eigenvalue weighted by Gasteiger charge is 2.43. The Hall–Kier alpha value is -0.590. The van der Waals surface area contributed by atoms with Crippen molar-refractivity contribution in [3.05, 3.63) is 12.2 Å². The first kappa shape index (κ1) is 8.98. The van der Waals surface area contributed by atoms with E-state index in [2.05, 4.69) is 20.4 Å². The van der Waals surface area contributed by atoms with Gasteiger partial charge >= 0.3 is 0 Å². The Morgan fingerprint density at radius 1 is 1.38 bits per heavy atom. The van der Waals surface area contributed by atoms with Crippen molar-refractivity contribution < 1.29 is 4.79 Å². The molecule has 0 N–H and O–H groups in total. The second-order valence-corrected chi connectivity index (χ2v) is 5.54. The van der Waals surface area contributed by atoms with Gasteiger partial charge in [-0.15, -0.1) is 0 Å². The van der Waals surface area contributed by atoms with E-state index < -0.39 is 0 Å². The van der Waals surface area contributed by atoms with Gasteiger partial charge in [0.25, 0.3) is 0 Å². The van der Waals surface area contributed by atoms with Crippen LogP contribution in [-0.4, -0.2) is 5.78 Å². The molecule has 0 spiro atoms. The van der Waals surface area contributed by atoms with Gasteiger partial charge in [0.1, 0.15) is 5.78 Å². The minimum absolute atomic E-state index is 0.239. The van der Waals surface area contributed by atoms with Crippen molar-refractivity contribution in [3.8, 4) is 0 Å². The lowest BCUT2D eigenvalue weighted by molar-refractivity contribution is -0.129. The number of Topliss-reactive ketones (excluding diaryl/α,β-unsaturated/α-hetero) is 1. The zero-order valence-corrected chi connectivity index (χ0v) is 8.60. The Morgan fingerprint density at radius 3 is 2.77 bits per heavy atom. The third-order valence-corrected chi connectivity index (χ3v) is 3.51. The van der Waals surface area contributed by atoms with E-state index in [1.165, 1.54) is 12.0 Å². The molecule has 2 fully saturated rings. The maximum atomic E-state index is 11.8. The molecule has 2 rings (SSSR count). The summed E-state index contributed by atoms with van der Waals surface area (Å²) in [7, 11) is 0. The summed E-state index contributed by atoms with van der Waals surface area (Å²) in [5, 5.41) is 0. The highest BCUT2D eigenvalue weighted by Crippen LogP contribution is 2.48. The molecular weight excluding hydrogens is 160 g/mol. The second-order valence-electron chi connectivity index (χ2n) is 5.54. The number of rotatable bonds is 0. The molecule has 0 saturated heterocycles. The van der Waals surface area contributed by atoms with Gasteiger partial charge < -0.3 is 0 Å². The van der Waals surface area contributed by atoms with Crippen LogP contribution in [0.5, 0.6) is 0 Å². The van der Waals surface area contributed by atoms with Crippen molar-refractivity contribution >= 4 is 5.78 Å². The zero-order valence-electron chi connectivity index (χ0n) is 8.60. The van der Waals surface area contributed by atoms with Gasteiger partial charge in [0.15, 0.2) is 0 Å². The van der Waals surface area contributed by atoms with Gasteiger partial charge in [-0.05, 0) is 30.6 Å². The molecule has 0 aromatic rings. The van der Waals surface area contributed by atoms with Crippen molar-refractivity contribution in [2.45, 2.75) is 39.5 Å². The number of hydrogen-bond donors (Lipinski definition) is 0. The van der Waals surface area contributed by atoms with Crippen LogP contribution in [0.4, 0.5) is 0 Å². The Bertz CT molecular complexity index is 262. The SMILES string of the molecule is C=C1C[C@@H]2CC(C)(C)CC(=O)[C@@H]2C1. The molecule has 0 radical (unpaired) electrons. The van der Waals surface area contributed by atoms with E-state index in [4.69, 9.17) is 0 Å². The van der Waals surface area contributed by atoms with Crippen LogP contribution in [0, 0.1) is 17.3 Å². The molecule has 13 heavy (non-hydrogen) atoms. The average Bonchev–Trinajstić information content (AvgIpc) is 2.27.